The average Bonchev–Trinajstić information content (AvgIpc) is 3.53. The number of rotatable bonds is 9. The molecule has 9 nitrogen and oxygen atoms in total. The van der Waals surface area contributed by atoms with Crippen molar-refractivity contribution in [1.29, 1.82) is 0 Å². The fourth-order valence-electron chi connectivity index (χ4n) is 6.71. The SMILES string of the molecule is O=C(/C=C/c1ccc(C(F)(F)P(=O)(O)O)cc1)NC(CC1CCCCC1)C(=O)N1CCCC1C(=O)N1CCc2ccccc2C1. The number of amides is 3. The number of fused-ring (bicyclic) bond motifs is 1. The zero-order valence-electron chi connectivity index (χ0n) is 25.1. The van der Waals surface area contributed by atoms with E-state index in [4.69, 9.17) is 9.79 Å². The first-order valence-corrected chi connectivity index (χ1v) is 17.2. The molecule has 242 valence electrons. The van der Waals surface area contributed by atoms with E-state index in [1.807, 2.05) is 23.1 Å². The van der Waals surface area contributed by atoms with Gasteiger partial charge in [-0.05, 0) is 54.4 Å². The number of benzene rings is 2. The second kappa shape index (κ2) is 13.9. The van der Waals surface area contributed by atoms with Gasteiger partial charge in [0.05, 0.1) is 0 Å². The number of carbonyl (C=O) groups is 3. The van der Waals surface area contributed by atoms with Crippen LogP contribution in [0.5, 0.6) is 0 Å². The van der Waals surface area contributed by atoms with Gasteiger partial charge >= 0.3 is 13.3 Å². The monoisotopic (exact) mass is 643 g/mol. The van der Waals surface area contributed by atoms with E-state index in [0.29, 0.717) is 44.5 Å². The highest BCUT2D eigenvalue weighted by Gasteiger charge is 2.50. The van der Waals surface area contributed by atoms with Crippen LogP contribution >= 0.6 is 7.60 Å². The molecule has 2 aromatic carbocycles. The number of alkyl halides is 2. The first-order valence-electron chi connectivity index (χ1n) is 15.6. The second-order valence-corrected chi connectivity index (χ2v) is 14.0. The summed E-state index contributed by atoms with van der Waals surface area (Å²) in [6.07, 6.45) is 10.3. The number of nitrogens with zero attached hydrogens (tertiary/aromatic N) is 2. The summed E-state index contributed by atoms with van der Waals surface area (Å²) in [6.45, 7) is 1.55. The molecule has 3 aliphatic rings. The largest absolute Gasteiger partial charge is 0.399 e. The second-order valence-electron chi connectivity index (χ2n) is 12.3. The van der Waals surface area contributed by atoms with E-state index in [-0.39, 0.29) is 17.7 Å². The lowest BCUT2D eigenvalue weighted by atomic mass is 9.84. The van der Waals surface area contributed by atoms with Crippen molar-refractivity contribution in [2.45, 2.75) is 82.1 Å². The molecule has 2 aliphatic heterocycles. The molecule has 0 aromatic heterocycles. The number of halogens is 2. The van der Waals surface area contributed by atoms with Crippen LogP contribution in [-0.4, -0.2) is 62.5 Å². The molecule has 2 fully saturated rings. The van der Waals surface area contributed by atoms with Crippen molar-refractivity contribution in [3.63, 3.8) is 0 Å². The number of hydrogen-bond acceptors (Lipinski definition) is 4. The van der Waals surface area contributed by atoms with Crippen molar-refractivity contribution in [3.8, 4) is 0 Å². The summed E-state index contributed by atoms with van der Waals surface area (Å²) in [7, 11) is -5.69. The Balaban J connectivity index is 1.27. The maximum atomic E-state index is 14.0. The minimum atomic E-state index is -5.69. The predicted molar refractivity (Wildman–Crippen MR) is 165 cm³/mol. The van der Waals surface area contributed by atoms with Crippen LogP contribution in [-0.2, 0) is 37.6 Å². The van der Waals surface area contributed by atoms with E-state index in [0.717, 1.165) is 56.2 Å². The lowest BCUT2D eigenvalue weighted by molar-refractivity contribution is -0.146. The summed E-state index contributed by atoms with van der Waals surface area (Å²) >= 11 is 0. The minimum Gasteiger partial charge on any atom is -0.341 e. The third kappa shape index (κ3) is 7.71. The zero-order valence-corrected chi connectivity index (χ0v) is 26.0. The van der Waals surface area contributed by atoms with Crippen molar-refractivity contribution >= 4 is 31.4 Å². The molecule has 5 rings (SSSR count). The van der Waals surface area contributed by atoms with Gasteiger partial charge in [-0.1, -0.05) is 80.6 Å². The number of carbonyl (C=O) groups excluding carboxylic acids is 3. The van der Waals surface area contributed by atoms with Crippen molar-refractivity contribution in [2.24, 2.45) is 5.92 Å². The van der Waals surface area contributed by atoms with E-state index in [2.05, 4.69) is 11.4 Å². The highest BCUT2D eigenvalue weighted by molar-refractivity contribution is 7.52. The Morgan fingerprint density at radius 3 is 2.33 bits per heavy atom. The Morgan fingerprint density at radius 2 is 1.64 bits per heavy atom. The molecule has 3 amide bonds. The van der Waals surface area contributed by atoms with Crippen molar-refractivity contribution < 1.29 is 37.5 Å². The maximum Gasteiger partial charge on any atom is 0.399 e. The molecule has 2 heterocycles. The molecule has 45 heavy (non-hydrogen) atoms. The van der Waals surface area contributed by atoms with Gasteiger partial charge in [0.15, 0.2) is 0 Å². The minimum absolute atomic E-state index is 0.0641. The summed E-state index contributed by atoms with van der Waals surface area (Å²) in [5.74, 6) is -0.593. The molecule has 0 bridgehead atoms. The topological polar surface area (TPSA) is 127 Å². The number of hydrogen-bond donors (Lipinski definition) is 3. The summed E-state index contributed by atoms with van der Waals surface area (Å²) in [4.78, 5) is 62.2. The highest BCUT2D eigenvalue weighted by atomic mass is 31.2. The standard InChI is InChI=1S/C33H40F2N3O6P/c34-33(35,45(42,43)44)27-15-12-23(13-16-27)14-17-30(39)36-28(21-24-7-2-1-3-8-24)31(40)38-19-6-11-29(38)32(41)37-20-18-25-9-4-5-10-26(25)22-37/h4-5,9-10,12-17,24,28-29H,1-3,6-8,11,18-22H2,(H,36,39)(H2,42,43,44)/b17-14+. The van der Waals surface area contributed by atoms with Gasteiger partial charge in [-0.2, -0.15) is 8.78 Å². The average molecular weight is 644 g/mol. The van der Waals surface area contributed by atoms with E-state index < -0.39 is 36.8 Å². The molecule has 0 radical (unpaired) electrons. The van der Waals surface area contributed by atoms with Crippen LogP contribution in [0.3, 0.4) is 0 Å². The Bertz CT molecular complexity index is 1470. The van der Waals surface area contributed by atoms with Crippen LogP contribution in [0, 0.1) is 5.92 Å². The van der Waals surface area contributed by atoms with Crippen LogP contribution in [0.15, 0.2) is 54.6 Å². The van der Waals surface area contributed by atoms with Gasteiger partial charge in [-0.3, -0.25) is 18.9 Å². The maximum absolute atomic E-state index is 14.0. The van der Waals surface area contributed by atoms with Crippen LogP contribution in [0.1, 0.15) is 73.6 Å². The Labute approximate surface area is 261 Å². The molecule has 3 N–H and O–H groups in total. The number of likely N-dealkylation sites (tertiary alicyclic amines) is 1. The van der Waals surface area contributed by atoms with Gasteiger partial charge < -0.3 is 24.9 Å². The summed E-state index contributed by atoms with van der Waals surface area (Å²) in [5, 5.41) is 2.85. The van der Waals surface area contributed by atoms with Gasteiger partial charge in [-0.15, -0.1) is 0 Å². The molecule has 2 aromatic rings. The first kappa shape index (κ1) is 33.0. The van der Waals surface area contributed by atoms with Crippen LogP contribution < -0.4 is 5.32 Å². The summed E-state index contributed by atoms with van der Waals surface area (Å²) in [6, 6.07) is 10.9. The predicted octanol–water partition coefficient (Wildman–Crippen LogP) is 4.96. The molecular formula is C33H40F2N3O6P. The lowest BCUT2D eigenvalue weighted by Crippen LogP contribution is -2.54. The van der Waals surface area contributed by atoms with E-state index >= 15 is 0 Å². The fraction of sp³-hybridized carbons (Fsp3) is 0.485. The third-order valence-electron chi connectivity index (χ3n) is 9.22. The molecule has 1 saturated carbocycles. The van der Waals surface area contributed by atoms with Gasteiger partial charge in [0.1, 0.15) is 12.1 Å². The quantitative estimate of drug-likeness (QED) is 0.262. The lowest BCUT2D eigenvalue weighted by Gasteiger charge is -2.35. The fourth-order valence-corrected chi connectivity index (χ4v) is 7.20. The zero-order chi connectivity index (χ0) is 32.2. The van der Waals surface area contributed by atoms with Gasteiger partial charge in [0.2, 0.25) is 17.7 Å². The normalized spacial score (nSPS) is 20.2. The Morgan fingerprint density at radius 1 is 0.956 bits per heavy atom. The molecule has 2 atom stereocenters. The van der Waals surface area contributed by atoms with Gasteiger partial charge in [0.25, 0.3) is 0 Å². The molecule has 1 aliphatic carbocycles. The van der Waals surface area contributed by atoms with Crippen molar-refractivity contribution in [1.82, 2.24) is 15.1 Å². The molecular weight excluding hydrogens is 603 g/mol. The van der Waals surface area contributed by atoms with Crippen molar-refractivity contribution in [3.05, 3.63) is 76.9 Å². The third-order valence-corrected chi connectivity index (χ3v) is 10.2. The number of nitrogens with one attached hydrogen (secondary N) is 1. The van der Waals surface area contributed by atoms with E-state index in [1.165, 1.54) is 29.8 Å². The van der Waals surface area contributed by atoms with Crippen LogP contribution in [0.25, 0.3) is 6.08 Å². The van der Waals surface area contributed by atoms with Crippen LogP contribution in [0.2, 0.25) is 0 Å². The Hall–Kier alpha value is -3.40. The highest BCUT2D eigenvalue weighted by Crippen LogP contribution is 2.59. The van der Waals surface area contributed by atoms with E-state index in [1.54, 1.807) is 4.90 Å². The Kier molecular flexibility index (Phi) is 10.2. The smallest absolute Gasteiger partial charge is 0.341 e. The summed E-state index contributed by atoms with van der Waals surface area (Å²) < 4.78 is 39.1. The van der Waals surface area contributed by atoms with Crippen molar-refractivity contribution in [2.75, 3.05) is 13.1 Å². The van der Waals surface area contributed by atoms with Gasteiger partial charge in [0, 0.05) is 31.3 Å². The van der Waals surface area contributed by atoms with Crippen LogP contribution in [0.4, 0.5) is 8.78 Å². The molecule has 2 unspecified atom stereocenters. The van der Waals surface area contributed by atoms with Gasteiger partial charge in [-0.25, -0.2) is 0 Å². The molecule has 1 saturated heterocycles. The molecule has 0 spiro atoms. The summed E-state index contributed by atoms with van der Waals surface area (Å²) in [5.41, 5.74) is -2.45. The molecule has 12 heteroatoms. The first-order chi connectivity index (χ1) is 21.4. The van der Waals surface area contributed by atoms with E-state index in [9.17, 15) is 27.7 Å².